The van der Waals surface area contributed by atoms with Crippen molar-refractivity contribution in [3.05, 3.63) is 107 Å². The van der Waals surface area contributed by atoms with Crippen LogP contribution < -0.4 is 9.64 Å². The van der Waals surface area contributed by atoms with Crippen LogP contribution in [0.5, 0.6) is 5.75 Å². The number of nitriles is 1. The van der Waals surface area contributed by atoms with Crippen molar-refractivity contribution in [1.29, 1.82) is 5.26 Å². The maximum atomic E-state index is 14.3. The Morgan fingerprint density at radius 1 is 0.921 bits per heavy atom. The maximum absolute atomic E-state index is 14.3. The third-order valence-corrected chi connectivity index (χ3v) is 8.07. The Kier molecular flexibility index (Phi) is 7.40. The van der Waals surface area contributed by atoms with E-state index in [1.54, 1.807) is 14.0 Å². The Labute approximate surface area is 232 Å². The van der Waals surface area contributed by atoms with Crippen molar-refractivity contribution in [2.45, 2.75) is 12.8 Å². The molecule has 5 rings (SSSR count). The molecule has 4 aromatic carbocycles. The molecular formula is C32H30BrN3O2. The smallest absolute Gasteiger partial charge is 0.243 e. The number of para-hydroxylation sites is 1. The summed E-state index contributed by atoms with van der Waals surface area (Å²) in [5.41, 5.74) is 1.54. The van der Waals surface area contributed by atoms with Crippen LogP contribution in [-0.4, -0.2) is 44.1 Å². The molecule has 1 amide bonds. The summed E-state index contributed by atoms with van der Waals surface area (Å²) in [6.45, 7) is 4.30. The van der Waals surface area contributed by atoms with Gasteiger partial charge in [-0.15, -0.1) is 0 Å². The molecule has 5 nitrogen and oxygen atoms in total. The van der Waals surface area contributed by atoms with E-state index in [9.17, 15) is 10.1 Å². The van der Waals surface area contributed by atoms with Crippen LogP contribution in [0.4, 0.5) is 5.69 Å². The summed E-state index contributed by atoms with van der Waals surface area (Å²) in [4.78, 5) is 18.4. The normalized spacial score (nSPS) is 15.9. The van der Waals surface area contributed by atoms with Gasteiger partial charge in [0.25, 0.3) is 0 Å². The van der Waals surface area contributed by atoms with Gasteiger partial charge in [-0.05, 0) is 47.5 Å². The van der Waals surface area contributed by atoms with Gasteiger partial charge in [0.05, 0.1) is 13.2 Å². The topological polar surface area (TPSA) is 56.6 Å². The van der Waals surface area contributed by atoms with E-state index < -0.39 is 11.3 Å². The van der Waals surface area contributed by atoms with Crippen LogP contribution in [0, 0.1) is 16.7 Å². The Hall–Kier alpha value is -3.82. The number of rotatable bonds is 6. The largest absolute Gasteiger partial charge is 0.496 e. The summed E-state index contributed by atoms with van der Waals surface area (Å²) in [5, 5.41) is 12.8. The van der Waals surface area contributed by atoms with Gasteiger partial charge in [-0.25, -0.2) is 0 Å². The fraction of sp³-hybridized carbons (Fsp3) is 0.250. The van der Waals surface area contributed by atoms with E-state index in [-0.39, 0.29) is 5.91 Å². The van der Waals surface area contributed by atoms with Crippen LogP contribution in [0.1, 0.15) is 24.0 Å². The number of halogens is 1. The second-order valence-corrected chi connectivity index (χ2v) is 10.7. The molecule has 1 saturated heterocycles. The summed E-state index contributed by atoms with van der Waals surface area (Å²) < 4.78 is 6.78. The van der Waals surface area contributed by atoms with Gasteiger partial charge in [0.1, 0.15) is 11.2 Å². The number of piperazine rings is 1. The minimum Gasteiger partial charge on any atom is -0.496 e. The Bertz CT molecular complexity index is 1500. The molecule has 0 spiro atoms. The van der Waals surface area contributed by atoms with E-state index in [2.05, 4.69) is 57.2 Å². The lowest BCUT2D eigenvalue weighted by Crippen LogP contribution is -2.53. The SMILES string of the molecule is COc1ccccc1[C@H](c1cccc2ccccc12)[C@@](C)(C#N)C(=O)N1CCN(c2cccc(Br)c2)CC1. The van der Waals surface area contributed by atoms with E-state index in [1.807, 2.05) is 65.6 Å². The summed E-state index contributed by atoms with van der Waals surface area (Å²) in [6.07, 6.45) is 0. The van der Waals surface area contributed by atoms with Crippen LogP contribution in [0.25, 0.3) is 10.8 Å². The number of fused-ring (bicyclic) bond motifs is 1. The van der Waals surface area contributed by atoms with Gasteiger partial charge in [-0.1, -0.05) is 82.7 Å². The molecule has 0 N–H and O–H groups in total. The highest BCUT2D eigenvalue weighted by molar-refractivity contribution is 9.10. The Morgan fingerprint density at radius 2 is 1.58 bits per heavy atom. The molecule has 0 aliphatic carbocycles. The van der Waals surface area contributed by atoms with Crippen LogP contribution in [0.3, 0.4) is 0 Å². The fourth-order valence-electron chi connectivity index (χ4n) is 5.60. The number of amides is 1. The monoisotopic (exact) mass is 567 g/mol. The lowest BCUT2D eigenvalue weighted by atomic mass is 9.68. The molecule has 0 aromatic heterocycles. The molecule has 1 heterocycles. The van der Waals surface area contributed by atoms with Crippen LogP contribution >= 0.6 is 15.9 Å². The first-order valence-corrected chi connectivity index (χ1v) is 13.6. The van der Waals surface area contributed by atoms with Gasteiger partial charge >= 0.3 is 0 Å². The average Bonchev–Trinajstić information content (AvgIpc) is 2.97. The van der Waals surface area contributed by atoms with Crippen molar-refractivity contribution in [3.63, 3.8) is 0 Å². The second-order valence-electron chi connectivity index (χ2n) is 9.82. The van der Waals surface area contributed by atoms with Gasteiger partial charge in [-0.2, -0.15) is 5.26 Å². The molecule has 0 unspecified atom stereocenters. The highest BCUT2D eigenvalue weighted by Crippen LogP contribution is 2.47. The third-order valence-electron chi connectivity index (χ3n) is 7.58. The Morgan fingerprint density at radius 3 is 2.32 bits per heavy atom. The lowest BCUT2D eigenvalue weighted by Gasteiger charge is -2.41. The highest BCUT2D eigenvalue weighted by atomic mass is 79.9. The van der Waals surface area contributed by atoms with Crippen molar-refractivity contribution in [2.75, 3.05) is 38.2 Å². The molecule has 1 aliphatic rings. The quantitative estimate of drug-likeness (QED) is 0.262. The van der Waals surface area contributed by atoms with Crippen LogP contribution in [0.2, 0.25) is 0 Å². The van der Waals surface area contributed by atoms with Gasteiger partial charge in [0, 0.05) is 47.8 Å². The van der Waals surface area contributed by atoms with Gasteiger partial charge in [0.15, 0.2) is 0 Å². The minimum atomic E-state index is -1.35. The molecule has 4 aromatic rings. The number of hydrogen-bond acceptors (Lipinski definition) is 4. The van der Waals surface area contributed by atoms with Crippen LogP contribution in [-0.2, 0) is 4.79 Å². The van der Waals surface area contributed by atoms with Crippen molar-refractivity contribution in [3.8, 4) is 11.8 Å². The number of anilines is 1. The molecular weight excluding hydrogens is 538 g/mol. The molecule has 1 aliphatic heterocycles. The molecule has 1 fully saturated rings. The summed E-state index contributed by atoms with van der Waals surface area (Å²) in [5.74, 6) is -0.0118. The standard InChI is InChI=1S/C32H30BrN3O2/c1-32(22-34,31(37)36-19-17-35(18-20-36)25-12-8-11-24(33)21-25)30(28-14-5-6-16-29(28)38-2)27-15-7-10-23-9-3-4-13-26(23)27/h3-16,21,30H,17-20H2,1-2H3/t30-,32+/m0/s1. The van der Waals surface area contributed by atoms with Crippen LogP contribution in [0.15, 0.2) is 95.5 Å². The predicted molar refractivity (Wildman–Crippen MR) is 155 cm³/mol. The lowest BCUT2D eigenvalue weighted by molar-refractivity contribution is -0.139. The molecule has 192 valence electrons. The second kappa shape index (κ2) is 10.9. The fourth-order valence-corrected chi connectivity index (χ4v) is 5.99. The average molecular weight is 569 g/mol. The summed E-state index contributed by atoms with van der Waals surface area (Å²) in [7, 11) is 1.63. The molecule has 38 heavy (non-hydrogen) atoms. The highest BCUT2D eigenvalue weighted by Gasteiger charge is 2.47. The first-order chi connectivity index (χ1) is 18.5. The number of carbonyl (C=O) groups excluding carboxylic acids is 1. The zero-order chi connectivity index (χ0) is 26.7. The zero-order valence-corrected chi connectivity index (χ0v) is 23.2. The van der Waals surface area contributed by atoms with Crippen molar-refractivity contribution >= 4 is 38.3 Å². The Balaban J connectivity index is 1.54. The van der Waals surface area contributed by atoms with Gasteiger partial charge < -0.3 is 14.5 Å². The molecule has 2 atom stereocenters. The zero-order valence-electron chi connectivity index (χ0n) is 21.6. The number of benzene rings is 4. The number of carbonyl (C=O) groups is 1. The summed E-state index contributed by atoms with van der Waals surface area (Å²) in [6, 6.07) is 32.6. The third kappa shape index (κ3) is 4.75. The molecule has 0 radical (unpaired) electrons. The molecule has 0 saturated carbocycles. The van der Waals surface area contributed by atoms with E-state index >= 15 is 0 Å². The summed E-state index contributed by atoms with van der Waals surface area (Å²) >= 11 is 3.55. The van der Waals surface area contributed by atoms with Crippen molar-refractivity contribution in [1.82, 2.24) is 4.90 Å². The van der Waals surface area contributed by atoms with Crippen molar-refractivity contribution < 1.29 is 9.53 Å². The number of nitrogens with zero attached hydrogens (tertiary/aromatic N) is 3. The molecule has 6 heteroatoms. The van der Waals surface area contributed by atoms with Crippen molar-refractivity contribution in [2.24, 2.45) is 5.41 Å². The van der Waals surface area contributed by atoms with E-state index in [4.69, 9.17) is 4.74 Å². The first-order valence-electron chi connectivity index (χ1n) is 12.8. The van der Waals surface area contributed by atoms with E-state index in [0.717, 1.165) is 32.1 Å². The number of ether oxygens (including phenoxy) is 1. The van der Waals surface area contributed by atoms with E-state index in [1.165, 1.54) is 0 Å². The first kappa shape index (κ1) is 25.8. The van der Waals surface area contributed by atoms with E-state index in [0.29, 0.717) is 31.9 Å². The van der Waals surface area contributed by atoms with Gasteiger partial charge in [0.2, 0.25) is 5.91 Å². The minimum absolute atomic E-state index is 0.155. The predicted octanol–water partition coefficient (Wildman–Crippen LogP) is 6.62. The van der Waals surface area contributed by atoms with Gasteiger partial charge in [-0.3, -0.25) is 4.79 Å². The number of hydrogen-bond donors (Lipinski definition) is 0. The maximum Gasteiger partial charge on any atom is 0.243 e. The molecule has 0 bridgehead atoms. The number of methoxy groups -OCH3 is 1.